The van der Waals surface area contributed by atoms with Crippen LogP contribution in [0.4, 0.5) is 4.39 Å². The van der Waals surface area contributed by atoms with E-state index in [4.69, 9.17) is 14.6 Å². The molecule has 0 amide bonds. The van der Waals surface area contributed by atoms with Gasteiger partial charge in [-0.05, 0) is 42.3 Å². The zero-order chi connectivity index (χ0) is 22.3. The third kappa shape index (κ3) is 9.44. The molecule has 1 rings (SSSR count). The second-order valence-corrected chi connectivity index (χ2v) is 9.59. The summed E-state index contributed by atoms with van der Waals surface area (Å²) in [6, 6.07) is 8.27. The minimum absolute atomic E-state index is 0.244. The second-order valence-electron chi connectivity index (χ2n) is 7.48. The third-order valence-electron chi connectivity index (χ3n) is 5.24. The third-order valence-corrected chi connectivity index (χ3v) is 6.77. The number of aryl methyl sites for hydroxylation is 2. The Morgan fingerprint density at radius 1 is 1.07 bits per heavy atom. The molecule has 0 aliphatic heterocycles. The molecule has 0 saturated heterocycles. The molecule has 30 heavy (non-hydrogen) atoms. The summed E-state index contributed by atoms with van der Waals surface area (Å²) in [5.41, 5.74) is 9.78. The van der Waals surface area contributed by atoms with Gasteiger partial charge in [0, 0.05) is 24.9 Å². The zero-order valence-corrected chi connectivity index (χ0v) is 19.3. The maximum absolute atomic E-state index is 13.8. The molecule has 0 unspecified atom stereocenters. The number of hydrogen-bond donors (Lipinski definition) is 0. The average molecular weight is 440 g/mol. The Hall–Kier alpha value is -1.65. The molecule has 168 valence electrons. The van der Waals surface area contributed by atoms with Gasteiger partial charge in [0.25, 0.3) is 0 Å². The van der Waals surface area contributed by atoms with Crippen molar-refractivity contribution in [1.29, 1.82) is 0 Å². The lowest BCUT2D eigenvalue weighted by Crippen LogP contribution is -2.26. The van der Waals surface area contributed by atoms with Crippen molar-refractivity contribution >= 4 is 7.60 Å². The topological polar surface area (TPSA) is 84.3 Å². The van der Waals surface area contributed by atoms with Crippen LogP contribution in [-0.2, 0) is 26.5 Å². The number of alkyl halides is 1. The highest BCUT2D eigenvalue weighted by atomic mass is 31.2. The van der Waals surface area contributed by atoms with Crippen LogP contribution in [-0.4, -0.2) is 26.4 Å². The maximum Gasteiger partial charge on any atom is 0.353 e. The fourth-order valence-corrected chi connectivity index (χ4v) is 4.02. The smallest absolute Gasteiger partial charge is 0.309 e. The molecule has 0 bridgehead atoms. The van der Waals surface area contributed by atoms with Gasteiger partial charge in [-0.3, -0.25) is 8.96 Å². The minimum atomic E-state index is -3.47. The van der Waals surface area contributed by atoms with Crippen LogP contribution in [0.2, 0.25) is 0 Å². The molecule has 0 heterocycles. The van der Waals surface area contributed by atoms with E-state index >= 15 is 0 Å². The molecule has 1 atom stereocenters. The van der Waals surface area contributed by atoms with Gasteiger partial charge in [0.2, 0.25) is 0 Å². The summed E-state index contributed by atoms with van der Waals surface area (Å²) in [5.74, 6) is 1.16. The monoisotopic (exact) mass is 439 g/mol. The summed E-state index contributed by atoms with van der Waals surface area (Å²) in [6.45, 7) is 1.32. The summed E-state index contributed by atoms with van der Waals surface area (Å²) in [5, 5.41) is 3.64. The molecular weight excluding hydrogens is 404 g/mol. The van der Waals surface area contributed by atoms with E-state index in [2.05, 4.69) is 29.1 Å². The summed E-state index contributed by atoms with van der Waals surface area (Å²) in [7, 11) is -0.983. The molecule has 1 aromatic rings. The van der Waals surface area contributed by atoms with E-state index < -0.39 is 19.8 Å². The van der Waals surface area contributed by atoms with Gasteiger partial charge in [0.15, 0.2) is 0 Å². The summed E-state index contributed by atoms with van der Waals surface area (Å²) < 4.78 is 35.7. The van der Waals surface area contributed by atoms with Gasteiger partial charge >= 0.3 is 7.60 Å². The number of rotatable bonds is 16. The molecule has 0 spiro atoms. The van der Waals surface area contributed by atoms with Crippen molar-refractivity contribution in [3.63, 3.8) is 0 Å². The molecule has 6 nitrogen and oxygen atoms in total. The van der Waals surface area contributed by atoms with Crippen molar-refractivity contribution in [2.24, 2.45) is 5.11 Å². The predicted molar refractivity (Wildman–Crippen MR) is 120 cm³/mol. The van der Waals surface area contributed by atoms with E-state index in [1.807, 2.05) is 12.1 Å². The molecule has 0 N–H and O–H groups in total. The van der Waals surface area contributed by atoms with Gasteiger partial charge < -0.3 is 9.05 Å². The molecule has 1 aromatic carbocycles. The first-order valence-corrected chi connectivity index (χ1v) is 12.2. The van der Waals surface area contributed by atoms with Crippen LogP contribution in [0.15, 0.2) is 41.3 Å². The van der Waals surface area contributed by atoms with Crippen molar-refractivity contribution in [3.8, 4) is 0 Å². The Morgan fingerprint density at radius 3 is 2.17 bits per heavy atom. The fourth-order valence-electron chi connectivity index (χ4n) is 3.16. The fraction of sp³-hybridized carbons (Fsp3) is 0.636. The molecule has 0 aliphatic carbocycles. The highest BCUT2D eigenvalue weighted by molar-refractivity contribution is 7.57. The molecule has 8 heteroatoms. The molecule has 0 aromatic heterocycles. The van der Waals surface area contributed by atoms with Crippen LogP contribution in [0.3, 0.4) is 0 Å². The lowest BCUT2D eigenvalue weighted by molar-refractivity contribution is 0.285. The second kappa shape index (κ2) is 14.4. The summed E-state index contributed by atoms with van der Waals surface area (Å²) >= 11 is 0. The first-order chi connectivity index (χ1) is 14.5. The Bertz CT molecular complexity index is 728. The van der Waals surface area contributed by atoms with Gasteiger partial charge in [-0.15, -0.1) is 0 Å². The first kappa shape index (κ1) is 26.4. The molecule has 0 fully saturated rings. The van der Waals surface area contributed by atoms with Gasteiger partial charge in [0.05, 0.1) is 5.54 Å². The highest BCUT2D eigenvalue weighted by Crippen LogP contribution is 2.48. The average Bonchev–Trinajstić information content (AvgIpc) is 2.78. The zero-order valence-electron chi connectivity index (χ0n) is 18.4. The maximum atomic E-state index is 13.8. The van der Waals surface area contributed by atoms with Crippen LogP contribution in [0.25, 0.3) is 10.4 Å². The van der Waals surface area contributed by atoms with E-state index in [-0.39, 0.29) is 6.42 Å². The number of nitrogens with zero attached hydrogens (tertiary/aromatic N) is 3. The number of azide groups is 1. The Morgan fingerprint density at radius 2 is 1.63 bits per heavy atom. The van der Waals surface area contributed by atoms with E-state index in [0.29, 0.717) is 6.42 Å². The van der Waals surface area contributed by atoms with Crippen LogP contribution in [0.5, 0.6) is 0 Å². The summed E-state index contributed by atoms with van der Waals surface area (Å²) in [6.07, 6.45) is 10.8. The van der Waals surface area contributed by atoms with Gasteiger partial charge in [-0.2, -0.15) is 0 Å². The van der Waals surface area contributed by atoms with Crippen molar-refractivity contribution in [1.82, 2.24) is 0 Å². The lowest BCUT2D eigenvalue weighted by atomic mass is 9.93. The van der Waals surface area contributed by atoms with Gasteiger partial charge in [-0.25, -0.2) is 0 Å². The summed E-state index contributed by atoms with van der Waals surface area (Å²) in [4.78, 5) is 2.78. The van der Waals surface area contributed by atoms with Gasteiger partial charge in [-0.1, -0.05) is 74.5 Å². The Balaban J connectivity index is 2.68. The van der Waals surface area contributed by atoms with Crippen LogP contribution >= 0.6 is 7.60 Å². The molecular formula is C22H35FN3O3P. The Labute approximate surface area is 180 Å². The Kier molecular flexibility index (Phi) is 12.6. The van der Waals surface area contributed by atoms with Crippen LogP contribution in [0.1, 0.15) is 63.0 Å². The molecule has 0 saturated carbocycles. The normalized spacial score (nSPS) is 13.9. The number of hydrogen-bond acceptors (Lipinski definition) is 4. The van der Waals surface area contributed by atoms with E-state index in [1.165, 1.54) is 64.4 Å². The standard InChI is InChI=1S/C22H35FN3O3P/c1-4-5-6-7-8-9-10-20-11-13-21(14-12-20)15-16-22(19-23,25-26-24)17-18-30(27,28-2)29-3/h11-14,17-18H,4-10,15-16,19H2,1-3H3/b18-17+/t22-/m0/s1. The van der Waals surface area contributed by atoms with E-state index in [0.717, 1.165) is 17.8 Å². The molecule has 0 aliphatic rings. The number of unbranched alkanes of at least 4 members (excludes halogenated alkanes) is 5. The predicted octanol–water partition coefficient (Wildman–Crippen LogP) is 7.54. The largest absolute Gasteiger partial charge is 0.353 e. The van der Waals surface area contributed by atoms with Crippen molar-refractivity contribution < 1.29 is 18.0 Å². The van der Waals surface area contributed by atoms with E-state index in [1.54, 1.807) is 0 Å². The van der Waals surface area contributed by atoms with Crippen molar-refractivity contribution in [3.05, 3.63) is 57.7 Å². The first-order valence-electron chi connectivity index (χ1n) is 10.6. The van der Waals surface area contributed by atoms with Crippen molar-refractivity contribution in [2.45, 2.75) is 70.3 Å². The number of halogens is 1. The minimum Gasteiger partial charge on any atom is -0.309 e. The number of benzene rings is 1. The lowest BCUT2D eigenvalue weighted by Gasteiger charge is -2.22. The molecule has 0 radical (unpaired) electrons. The van der Waals surface area contributed by atoms with Crippen LogP contribution in [0, 0.1) is 0 Å². The SMILES string of the molecule is CCCCCCCCc1ccc(CC[C@](/C=C/P(=O)(OC)OC)(CF)N=[N+]=[N-])cc1. The van der Waals surface area contributed by atoms with E-state index in [9.17, 15) is 8.96 Å². The van der Waals surface area contributed by atoms with Crippen LogP contribution < -0.4 is 0 Å². The quantitative estimate of drug-likeness (QED) is 0.0876. The van der Waals surface area contributed by atoms with Crippen molar-refractivity contribution in [2.75, 3.05) is 20.9 Å². The highest BCUT2D eigenvalue weighted by Gasteiger charge is 2.28. The van der Waals surface area contributed by atoms with Gasteiger partial charge in [0.1, 0.15) is 6.67 Å².